The molecule has 1 saturated heterocycles. The molecule has 1 aromatic carbocycles. The van der Waals surface area contributed by atoms with E-state index in [1.165, 1.54) is 33.4 Å². The summed E-state index contributed by atoms with van der Waals surface area (Å²) in [6.45, 7) is 18.1. The van der Waals surface area contributed by atoms with Crippen LogP contribution < -0.4 is 10.6 Å². The molecule has 0 bridgehead atoms. The number of hydrogen-bond donors (Lipinski definition) is 2. The van der Waals surface area contributed by atoms with E-state index >= 15 is 0 Å². The van der Waals surface area contributed by atoms with Crippen LogP contribution in [0.25, 0.3) is 0 Å². The van der Waals surface area contributed by atoms with Gasteiger partial charge in [-0.25, -0.2) is 4.99 Å². The average molecular weight is 373 g/mol. The van der Waals surface area contributed by atoms with Crippen LogP contribution in [0.15, 0.2) is 4.99 Å². The van der Waals surface area contributed by atoms with Gasteiger partial charge in [-0.3, -0.25) is 4.79 Å². The largest absolute Gasteiger partial charge is 0.357 e. The lowest BCUT2D eigenvalue weighted by Crippen LogP contribution is -2.45. The summed E-state index contributed by atoms with van der Waals surface area (Å²) >= 11 is 0. The molecule has 1 aliphatic rings. The van der Waals surface area contributed by atoms with Gasteiger partial charge < -0.3 is 15.5 Å². The maximum atomic E-state index is 11.9. The Morgan fingerprint density at radius 3 is 2.19 bits per heavy atom. The third kappa shape index (κ3) is 4.82. The van der Waals surface area contributed by atoms with Crippen LogP contribution in [-0.2, 0) is 11.3 Å². The van der Waals surface area contributed by atoms with Crippen molar-refractivity contribution in [3.8, 4) is 0 Å². The fourth-order valence-electron chi connectivity index (χ4n) is 3.81. The number of nitrogens with one attached hydrogen (secondary N) is 2. The minimum absolute atomic E-state index is 0.234. The molecule has 1 fully saturated rings. The molecule has 0 aromatic heterocycles. The van der Waals surface area contributed by atoms with Crippen LogP contribution in [0.5, 0.6) is 0 Å². The predicted molar refractivity (Wildman–Crippen MR) is 113 cm³/mol. The molecule has 1 heterocycles. The minimum atomic E-state index is 0.234. The smallest absolute Gasteiger partial charge is 0.222 e. The lowest BCUT2D eigenvalue weighted by molar-refractivity contribution is -0.129. The molecule has 0 radical (unpaired) electrons. The normalized spacial score (nSPS) is 17.4. The molecule has 5 heteroatoms. The summed E-state index contributed by atoms with van der Waals surface area (Å²) < 4.78 is 0. The molecule has 0 saturated carbocycles. The summed E-state index contributed by atoms with van der Waals surface area (Å²) in [6, 6.07) is 0.266. The Labute approximate surface area is 164 Å². The topological polar surface area (TPSA) is 56.7 Å². The number of likely N-dealkylation sites (tertiary alicyclic amines) is 1. The number of aliphatic imine (C=N–C) groups is 1. The maximum Gasteiger partial charge on any atom is 0.222 e. The molecule has 1 amide bonds. The molecular weight excluding hydrogens is 336 g/mol. The lowest BCUT2D eigenvalue weighted by Gasteiger charge is -2.20. The van der Waals surface area contributed by atoms with Crippen LogP contribution in [0.2, 0.25) is 0 Å². The summed E-state index contributed by atoms with van der Waals surface area (Å²) in [5.41, 5.74) is 8.12. The first-order valence-electron chi connectivity index (χ1n) is 10.2. The SMILES string of the molecule is CCNC(=NCc1c(C)c(C)c(C)c(C)c1C)NC1CCN(C(=O)CC)C1. The van der Waals surface area contributed by atoms with Crippen LogP contribution in [0.3, 0.4) is 0 Å². The van der Waals surface area contributed by atoms with Crippen LogP contribution in [0, 0.1) is 34.6 Å². The highest BCUT2D eigenvalue weighted by Crippen LogP contribution is 2.26. The fraction of sp³-hybridized carbons (Fsp3) is 0.636. The van der Waals surface area contributed by atoms with E-state index in [1.54, 1.807) is 0 Å². The van der Waals surface area contributed by atoms with E-state index in [9.17, 15) is 4.79 Å². The van der Waals surface area contributed by atoms with Gasteiger partial charge in [0.1, 0.15) is 0 Å². The van der Waals surface area contributed by atoms with Crippen LogP contribution in [0.4, 0.5) is 0 Å². The van der Waals surface area contributed by atoms with Crippen molar-refractivity contribution in [2.24, 2.45) is 4.99 Å². The van der Waals surface area contributed by atoms with Crippen molar-refractivity contribution >= 4 is 11.9 Å². The van der Waals surface area contributed by atoms with E-state index < -0.39 is 0 Å². The molecule has 1 aromatic rings. The number of guanidine groups is 1. The molecule has 1 aliphatic heterocycles. The lowest BCUT2D eigenvalue weighted by atomic mass is 9.90. The molecule has 2 rings (SSSR count). The quantitative estimate of drug-likeness (QED) is 0.616. The van der Waals surface area contributed by atoms with Crippen LogP contribution >= 0.6 is 0 Å². The second kappa shape index (κ2) is 9.25. The third-order valence-corrected chi connectivity index (χ3v) is 6.08. The van der Waals surface area contributed by atoms with E-state index in [2.05, 4.69) is 52.2 Å². The van der Waals surface area contributed by atoms with Crippen molar-refractivity contribution in [1.82, 2.24) is 15.5 Å². The van der Waals surface area contributed by atoms with Gasteiger partial charge >= 0.3 is 0 Å². The second-order valence-electron chi connectivity index (χ2n) is 7.62. The molecule has 150 valence electrons. The molecule has 0 spiro atoms. The van der Waals surface area contributed by atoms with Crippen molar-refractivity contribution in [1.29, 1.82) is 0 Å². The third-order valence-electron chi connectivity index (χ3n) is 6.08. The zero-order valence-corrected chi connectivity index (χ0v) is 18.1. The molecule has 1 unspecified atom stereocenters. The van der Waals surface area contributed by atoms with E-state index in [1.807, 2.05) is 11.8 Å². The minimum Gasteiger partial charge on any atom is -0.357 e. The van der Waals surface area contributed by atoms with E-state index in [0.29, 0.717) is 13.0 Å². The molecule has 1 atom stereocenters. The number of nitrogens with zero attached hydrogens (tertiary/aromatic N) is 2. The zero-order chi connectivity index (χ0) is 20.1. The Balaban J connectivity index is 2.14. The Kier molecular flexibility index (Phi) is 7.28. The first-order chi connectivity index (χ1) is 12.8. The van der Waals surface area contributed by atoms with Crippen molar-refractivity contribution in [2.45, 2.75) is 73.9 Å². The summed E-state index contributed by atoms with van der Waals surface area (Å²) in [5, 5.41) is 6.87. The Bertz CT molecular complexity index is 695. The standard InChI is InChI=1S/C22H36N4O/c1-8-21(27)26-11-10-19(13-26)25-22(23-9-2)24-12-20-17(6)15(4)14(3)16(5)18(20)7/h19H,8-13H2,1-7H3,(H2,23,24,25). The number of benzene rings is 1. The summed E-state index contributed by atoms with van der Waals surface area (Å²) in [7, 11) is 0. The maximum absolute atomic E-state index is 11.9. The number of rotatable bonds is 5. The molecular formula is C22H36N4O. The molecule has 2 N–H and O–H groups in total. The summed E-state index contributed by atoms with van der Waals surface area (Å²) in [4.78, 5) is 18.7. The number of amides is 1. The number of carbonyl (C=O) groups excluding carboxylic acids is 1. The first-order valence-corrected chi connectivity index (χ1v) is 10.2. The Morgan fingerprint density at radius 1 is 1.04 bits per heavy atom. The molecule has 5 nitrogen and oxygen atoms in total. The number of carbonyl (C=O) groups is 1. The van der Waals surface area contributed by atoms with Crippen molar-refractivity contribution in [3.63, 3.8) is 0 Å². The monoisotopic (exact) mass is 372 g/mol. The van der Waals surface area contributed by atoms with Gasteiger partial charge in [0.05, 0.1) is 6.54 Å². The molecule has 0 aliphatic carbocycles. The Hall–Kier alpha value is -2.04. The second-order valence-corrected chi connectivity index (χ2v) is 7.62. The fourth-order valence-corrected chi connectivity index (χ4v) is 3.81. The summed E-state index contributed by atoms with van der Waals surface area (Å²) in [6.07, 6.45) is 1.54. The van der Waals surface area contributed by atoms with Crippen molar-refractivity contribution < 1.29 is 4.79 Å². The Morgan fingerprint density at radius 2 is 1.63 bits per heavy atom. The predicted octanol–water partition coefficient (Wildman–Crippen LogP) is 3.29. The van der Waals surface area contributed by atoms with E-state index in [-0.39, 0.29) is 11.9 Å². The number of hydrogen-bond acceptors (Lipinski definition) is 2. The van der Waals surface area contributed by atoms with Gasteiger partial charge in [0, 0.05) is 32.1 Å². The van der Waals surface area contributed by atoms with E-state index in [0.717, 1.165) is 32.0 Å². The van der Waals surface area contributed by atoms with Crippen LogP contribution in [-0.4, -0.2) is 42.4 Å². The average Bonchev–Trinajstić information content (AvgIpc) is 3.12. The van der Waals surface area contributed by atoms with Gasteiger partial charge in [-0.1, -0.05) is 6.92 Å². The highest BCUT2D eigenvalue weighted by Gasteiger charge is 2.25. The first kappa shape index (κ1) is 21.3. The van der Waals surface area contributed by atoms with Crippen LogP contribution in [0.1, 0.15) is 60.1 Å². The van der Waals surface area contributed by atoms with Gasteiger partial charge in [0.2, 0.25) is 5.91 Å². The van der Waals surface area contributed by atoms with E-state index in [4.69, 9.17) is 4.99 Å². The molecule has 27 heavy (non-hydrogen) atoms. The van der Waals surface area contributed by atoms with Gasteiger partial charge in [-0.2, -0.15) is 0 Å². The van der Waals surface area contributed by atoms with Crippen molar-refractivity contribution in [3.05, 3.63) is 33.4 Å². The summed E-state index contributed by atoms with van der Waals surface area (Å²) in [5.74, 6) is 1.07. The van der Waals surface area contributed by atoms with Gasteiger partial charge in [0.15, 0.2) is 5.96 Å². The van der Waals surface area contributed by atoms with Gasteiger partial charge in [0.25, 0.3) is 0 Å². The van der Waals surface area contributed by atoms with Crippen molar-refractivity contribution in [2.75, 3.05) is 19.6 Å². The van der Waals surface area contributed by atoms with Gasteiger partial charge in [-0.05, 0) is 81.3 Å². The highest BCUT2D eigenvalue weighted by atomic mass is 16.2. The zero-order valence-electron chi connectivity index (χ0n) is 18.1. The van der Waals surface area contributed by atoms with Gasteiger partial charge in [-0.15, -0.1) is 0 Å². The highest BCUT2D eigenvalue weighted by molar-refractivity contribution is 5.80.